The molecule has 120 valence electrons. The monoisotopic (exact) mass is 307 g/mol. The first-order chi connectivity index (χ1) is 10.6. The molecule has 0 spiro atoms. The molecular weight excluding hydrogens is 286 g/mol. The number of hydrogen-bond acceptors (Lipinski definition) is 5. The van der Waals surface area contributed by atoms with Gasteiger partial charge in [-0.3, -0.25) is 14.9 Å². The van der Waals surface area contributed by atoms with Crippen molar-refractivity contribution in [1.82, 2.24) is 10.6 Å². The third-order valence-electron chi connectivity index (χ3n) is 3.99. The Hall–Kier alpha value is -2.15. The maximum atomic E-state index is 12.5. The second-order valence-electron chi connectivity index (χ2n) is 5.30. The number of rotatable bonds is 6. The number of methoxy groups -OCH3 is 1. The number of para-hydroxylation sites is 1. The summed E-state index contributed by atoms with van der Waals surface area (Å²) in [6.07, 6.45) is 2.84. The predicted molar refractivity (Wildman–Crippen MR) is 82.2 cm³/mol. The molecule has 22 heavy (non-hydrogen) atoms. The fourth-order valence-corrected chi connectivity index (χ4v) is 2.85. The number of benzene rings is 1. The van der Waals surface area contributed by atoms with Crippen LogP contribution in [0.25, 0.3) is 0 Å². The number of nitrogens with one attached hydrogen (secondary N) is 2. The molecule has 1 aliphatic heterocycles. The molecule has 1 heterocycles. The highest BCUT2D eigenvalue weighted by Crippen LogP contribution is 2.30. The van der Waals surface area contributed by atoms with Gasteiger partial charge in [-0.15, -0.1) is 0 Å². The van der Waals surface area contributed by atoms with Crippen molar-refractivity contribution in [1.29, 1.82) is 0 Å². The summed E-state index contributed by atoms with van der Waals surface area (Å²) in [5, 5.41) is 17.5. The number of amides is 1. The van der Waals surface area contributed by atoms with Gasteiger partial charge in [-0.2, -0.15) is 0 Å². The van der Waals surface area contributed by atoms with Crippen LogP contribution in [0, 0.1) is 10.1 Å². The Bertz CT molecular complexity index is 556. The Kier molecular flexibility index (Phi) is 5.32. The molecule has 0 aliphatic carbocycles. The van der Waals surface area contributed by atoms with Gasteiger partial charge in [-0.05, 0) is 37.9 Å². The third-order valence-corrected chi connectivity index (χ3v) is 3.99. The number of ether oxygens (including phenoxy) is 1. The normalized spacial score (nSPS) is 18.7. The lowest BCUT2D eigenvalue weighted by Crippen LogP contribution is -2.47. The average molecular weight is 307 g/mol. The van der Waals surface area contributed by atoms with Crippen molar-refractivity contribution in [2.75, 3.05) is 13.7 Å². The van der Waals surface area contributed by atoms with Crippen molar-refractivity contribution >= 4 is 11.6 Å². The van der Waals surface area contributed by atoms with Crippen molar-refractivity contribution in [3.8, 4) is 5.75 Å². The number of nitro benzene ring substituents is 1. The quantitative estimate of drug-likeness (QED) is 0.618. The molecule has 1 fully saturated rings. The molecule has 1 saturated heterocycles. The van der Waals surface area contributed by atoms with Gasteiger partial charge < -0.3 is 15.4 Å². The Morgan fingerprint density at radius 3 is 2.91 bits per heavy atom. The SMILES string of the molecule is CCC(NC(=O)c1cccc(OC)c1[N+](=O)[O-])C1CCCN1. The van der Waals surface area contributed by atoms with E-state index in [1.54, 1.807) is 6.07 Å². The van der Waals surface area contributed by atoms with E-state index in [4.69, 9.17) is 4.74 Å². The maximum absolute atomic E-state index is 12.5. The summed E-state index contributed by atoms with van der Waals surface area (Å²) in [5.74, 6) is -0.351. The highest BCUT2D eigenvalue weighted by atomic mass is 16.6. The van der Waals surface area contributed by atoms with Crippen molar-refractivity contribution in [3.63, 3.8) is 0 Å². The lowest BCUT2D eigenvalue weighted by atomic mass is 10.0. The molecule has 1 aromatic rings. The van der Waals surface area contributed by atoms with Gasteiger partial charge >= 0.3 is 5.69 Å². The van der Waals surface area contributed by atoms with Crippen molar-refractivity contribution in [2.24, 2.45) is 0 Å². The molecule has 1 amide bonds. The molecule has 1 aliphatic rings. The zero-order valence-corrected chi connectivity index (χ0v) is 12.8. The van der Waals surface area contributed by atoms with E-state index < -0.39 is 10.8 Å². The second-order valence-corrected chi connectivity index (χ2v) is 5.30. The van der Waals surface area contributed by atoms with Crippen LogP contribution in [0.3, 0.4) is 0 Å². The van der Waals surface area contributed by atoms with Gasteiger partial charge in [-0.1, -0.05) is 13.0 Å². The number of nitrogens with zero attached hydrogens (tertiary/aromatic N) is 1. The highest BCUT2D eigenvalue weighted by Gasteiger charge is 2.29. The van der Waals surface area contributed by atoms with E-state index in [2.05, 4.69) is 10.6 Å². The van der Waals surface area contributed by atoms with Gasteiger partial charge in [0.25, 0.3) is 5.91 Å². The van der Waals surface area contributed by atoms with E-state index >= 15 is 0 Å². The Morgan fingerprint density at radius 1 is 1.59 bits per heavy atom. The number of hydrogen-bond donors (Lipinski definition) is 2. The van der Waals surface area contributed by atoms with E-state index in [0.29, 0.717) is 0 Å². The molecule has 2 unspecified atom stereocenters. The van der Waals surface area contributed by atoms with Crippen LogP contribution in [-0.2, 0) is 0 Å². The first kappa shape index (κ1) is 16.2. The minimum Gasteiger partial charge on any atom is -0.490 e. The van der Waals surface area contributed by atoms with Crippen LogP contribution >= 0.6 is 0 Å². The summed E-state index contributed by atoms with van der Waals surface area (Å²) in [5.41, 5.74) is -0.266. The van der Waals surface area contributed by atoms with Crippen molar-refractivity contribution < 1.29 is 14.5 Å². The lowest BCUT2D eigenvalue weighted by Gasteiger charge is -2.23. The fourth-order valence-electron chi connectivity index (χ4n) is 2.85. The van der Waals surface area contributed by atoms with Gasteiger partial charge in [0.05, 0.1) is 12.0 Å². The van der Waals surface area contributed by atoms with E-state index in [1.807, 2.05) is 6.92 Å². The van der Waals surface area contributed by atoms with E-state index in [-0.39, 0.29) is 29.1 Å². The second kappa shape index (κ2) is 7.22. The number of carbonyl (C=O) groups is 1. The van der Waals surface area contributed by atoms with Crippen LogP contribution < -0.4 is 15.4 Å². The van der Waals surface area contributed by atoms with E-state index in [9.17, 15) is 14.9 Å². The molecule has 0 saturated carbocycles. The van der Waals surface area contributed by atoms with Crippen LogP contribution in [0.5, 0.6) is 5.75 Å². The summed E-state index contributed by atoms with van der Waals surface area (Å²) in [6, 6.07) is 4.69. The van der Waals surface area contributed by atoms with Crippen LogP contribution in [0.15, 0.2) is 18.2 Å². The first-order valence-corrected chi connectivity index (χ1v) is 7.44. The summed E-state index contributed by atoms with van der Waals surface area (Å²) in [7, 11) is 1.35. The molecule has 7 nitrogen and oxygen atoms in total. The van der Waals surface area contributed by atoms with Gasteiger partial charge in [0.15, 0.2) is 5.75 Å². The average Bonchev–Trinajstić information content (AvgIpc) is 3.05. The number of nitro groups is 1. The molecule has 0 radical (unpaired) electrons. The minimum atomic E-state index is -0.581. The van der Waals surface area contributed by atoms with E-state index in [0.717, 1.165) is 25.8 Å². The summed E-state index contributed by atoms with van der Waals surface area (Å²) < 4.78 is 4.99. The van der Waals surface area contributed by atoms with Crippen LogP contribution in [0.2, 0.25) is 0 Å². The smallest absolute Gasteiger partial charge is 0.323 e. The van der Waals surface area contributed by atoms with Gasteiger partial charge in [0.2, 0.25) is 0 Å². The molecule has 2 N–H and O–H groups in total. The van der Waals surface area contributed by atoms with Gasteiger partial charge in [0, 0.05) is 12.1 Å². The largest absolute Gasteiger partial charge is 0.490 e. The molecule has 7 heteroatoms. The minimum absolute atomic E-state index is 0.0285. The van der Waals surface area contributed by atoms with Crippen molar-refractivity contribution in [2.45, 2.75) is 38.3 Å². The highest BCUT2D eigenvalue weighted by molar-refractivity contribution is 5.99. The molecule has 2 rings (SSSR count). The fraction of sp³-hybridized carbons (Fsp3) is 0.533. The molecule has 0 aromatic heterocycles. The molecule has 0 bridgehead atoms. The zero-order valence-electron chi connectivity index (χ0n) is 12.8. The number of carbonyl (C=O) groups excluding carboxylic acids is 1. The summed E-state index contributed by atoms with van der Waals surface area (Å²) in [6.45, 7) is 2.93. The van der Waals surface area contributed by atoms with Crippen LogP contribution in [0.4, 0.5) is 5.69 Å². The van der Waals surface area contributed by atoms with Crippen LogP contribution in [-0.4, -0.2) is 36.6 Å². The Morgan fingerprint density at radius 2 is 2.36 bits per heavy atom. The summed E-state index contributed by atoms with van der Waals surface area (Å²) >= 11 is 0. The third kappa shape index (κ3) is 3.36. The zero-order chi connectivity index (χ0) is 16.1. The summed E-state index contributed by atoms with van der Waals surface area (Å²) in [4.78, 5) is 23.1. The molecule has 2 atom stereocenters. The Labute approximate surface area is 129 Å². The lowest BCUT2D eigenvalue weighted by molar-refractivity contribution is -0.386. The van der Waals surface area contributed by atoms with Crippen molar-refractivity contribution in [3.05, 3.63) is 33.9 Å². The molecular formula is C15H21N3O4. The standard InChI is InChI=1S/C15H21N3O4/c1-3-11(12-7-5-9-16-12)17-15(19)10-6-4-8-13(22-2)14(10)18(20)21/h4,6,8,11-12,16H,3,5,7,9H2,1-2H3,(H,17,19). The van der Waals surface area contributed by atoms with Crippen LogP contribution in [0.1, 0.15) is 36.5 Å². The molecule has 1 aromatic carbocycles. The Balaban J connectivity index is 2.23. The predicted octanol–water partition coefficient (Wildman–Crippen LogP) is 1.86. The van der Waals surface area contributed by atoms with E-state index in [1.165, 1.54) is 19.2 Å². The first-order valence-electron chi connectivity index (χ1n) is 7.44. The topological polar surface area (TPSA) is 93.5 Å². The van der Waals surface area contributed by atoms with Gasteiger partial charge in [-0.25, -0.2) is 0 Å². The maximum Gasteiger partial charge on any atom is 0.323 e. The van der Waals surface area contributed by atoms with Gasteiger partial charge in [0.1, 0.15) is 5.56 Å².